The SMILES string of the molecule is C=C1CCCN(C/C=C/C(C)=N)CC1. The molecule has 0 bridgehead atoms. The van der Waals surface area contributed by atoms with Gasteiger partial charge in [0.05, 0.1) is 0 Å². The van der Waals surface area contributed by atoms with E-state index in [0.717, 1.165) is 19.5 Å². The van der Waals surface area contributed by atoms with Gasteiger partial charge in [-0.05, 0) is 38.8 Å². The van der Waals surface area contributed by atoms with Crippen LogP contribution in [-0.4, -0.2) is 30.2 Å². The molecule has 2 nitrogen and oxygen atoms in total. The Labute approximate surface area is 86.8 Å². The first-order valence-electron chi connectivity index (χ1n) is 5.29. The summed E-state index contributed by atoms with van der Waals surface area (Å²) in [5, 5.41) is 7.27. The van der Waals surface area contributed by atoms with Crippen LogP contribution in [0.15, 0.2) is 24.3 Å². The maximum Gasteiger partial charge on any atom is 0.0280 e. The number of hydrogen-bond donors (Lipinski definition) is 1. The first-order chi connectivity index (χ1) is 6.68. The second-order valence-corrected chi connectivity index (χ2v) is 3.99. The second-order valence-electron chi connectivity index (χ2n) is 3.99. The summed E-state index contributed by atoms with van der Waals surface area (Å²) in [5.74, 6) is 0. The highest BCUT2D eigenvalue weighted by Gasteiger charge is 2.08. The van der Waals surface area contributed by atoms with Gasteiger partial charge in [0.25, 0.3) is 0 Å². The molecule has 1 aliphatic rings. The van der Waals surface area contributed by atoms with Crippen molar-refractivity contribution in [3.8, 4) is 0 Å². The lowest BCUT2D eigenvalue weighted by atomic mass is 10.1. The van der Waals surface area contributed by atoms with E-state index in [2.05, 4.69) is 17.6 Å². The fraction of sp³-hybridized carbons (Fsp3) is 0.583. The van der Waals surface area contributed by atoms with Crippen LogP contribution in [0.1, 0.15) is 26.2 Å². The van der Waals surface area contributed by atoms with Crippen molar-refractivity contribution in [1.82, 2.24) is 4.90 Å². The van der Waals surface area contributed by atoms with E-state index in [1.54, 1.807) is 6.92 Å². The van der Waals surface area contributed by atoms with Crippen molar-refractivity contribution in [3.05, 3.63) is 24.3 Å². The Morgan fingerprint density at radius 2 is 2.29 bits per heavy atom. The van der Waals surface area contributed by atoms with Gasteiger partial charge in [0.2, 0.25) is 0 Å². The van der Waals surface area contributed by atoms with E-state index < -0.39 is 0 Å². The van der Waals surface area contributed by atoms with Gasteiger partial charge in [-0.2, -0.15) is 0 Å². The molecule has 0 unspecified atom stereocenters. The molecule has 1 rings (SSSR count). The summed E-state index contributed by atoms with van der Waals surface area (Å²) in [7, 11) is 0. The van der Waals surface area contributed by atoms with Crippen molar-refractivity contribution in [3.63, 3.8) is 0 Å². The minimum atomic E-state index is 0.629. The van der Waals surface area contributed by atoms with Gasteiger partial charge in [-0.25, -0.2) is 0 Å². The van der Waals surface area contributed by atoms with Crippen LogP contribution in [0.5, 0.6) is 0 Å². The highest BCUT2D eigenvalue weighted by Crippen LogP contribution is 2.13. The molecule has 1 fully saturated rings. The zero-order chi connectivity index (χ0) is 10.4. The zero-order valence-electron chi connectivity index (χ0n) is 9.05. The Balaban J connectivity index is 2.30. The molecule has 0 saturated carbocycles. The van der Waals surface area contributed by atoms with Crippen molar-refractivity contribution in [2.75, 3.05) is 19.6 Å². The molecule has 0 spiro atoms. The molecule has 0 aliphatic carbocycles. The van der Waals surface area contributed by atoms with E-state index in [0.29, 0.717) is 5.71 Å². The molecule has 0 aromatic rings. The molecule has 0 radical (unpaired) electrons. The quantitative estimate of drug-likeness (QED) is 0.540. The molecule has 1 saturated heterocycles. The standard InChI is InChI=1S/C12H20N2/c1-11-5-3-8-14(10-7-11)9-4-6-12(2)13/h4,6,13H,1,3,5,7-10H2,2H3/b6-4+,13-12?. The predicted molar refractivity (Wildman–Crippen MR) is 62.0 cm³/mol. The molecule has 1 aliphatic heterocycles. The van der Waals surface area contributed by atoms with E-state index in [1.807, 2.05) is 6.08 Å². The maximum absolute atomic E-state index is 7.27. The van der Waals surface area contributed by atoms with Gasteiger partial charge in [-0.1, -0.05) is 18.2 Å². The Hall–Kier alpha value is -0.890. The van der Waals surface area contributed by atoms with Crippen LogP contribution in [-0.2, 0) is 0 Å². The maximum atomic E-state index is 7.27. The summed E-state index contributed by atoms with van der Waals surface area (Å²) in [6.07, 6.45) is 7.51. The lowest BCUT2D eigenvalue weighted by molar-refractivity contribution is 0.317. The van der Waals surface area contributed by atoms with Crippen LogP contribution < -0.4 is 0 Å². The molecule has 2 heteroatoms. The number of hydrogen-bond acceptors (Lipinski definition) is 2. The summed E-state index contributed by atoms with van der Waals surface area (Å²) >= 11 is 0. The number of allylic oxidation sites excluding steroid dienone is 1. The average Bonchev–Trinajstić information content (AvgIpc) is 2.30. The van der Waals surface area contributed by atoms with Crippen LogP contribution in [0.4, 0.5) is 0 Å². The van der Waals surface area contributed by atoms with Crippen LogP contribution in [0.3, 0.4) is 0 Å². The first kappa shape index (κ1) is 11.2. The van der Waals surface area contributed by atoms with Crippen molar-refractivity contribution in [1.29, 1.82) is 5.41 Å². The Kier molecular flexibility index (Phi) is 4.60. The zero-order valence-corrected chi connectivity index (χ0v) is 9.05. The number of nitrogens with one attached hydrogen (secondary N) is 1. The molecular formula is C12H20N2. The van der Waals surface area contributed by atoms with Gasteiger partial charge in [-0.3, -0.25) is 4.90 Å². The number of rotatable bonds is 3. The van der Waals surface area contributed by atoms with Gasteiger partial charge in [-0.15, -0.1) is 0 Å². The van der Waals surface area contributed by atoms with Crippen LogP contribution in [0, 0.1) is 5.41 Å². The molecule has 14 heavy (non-hydrogen) atoms. The number of nitrogens with zero attached hydrogens (tertiary/aromatic N) is 1. The summed E-state index contributed by atoms with van der Waals surface area (Å²) in [5.41, 5.74) is 2.02. The minimum absolute atomic E-state index is 0.629. The monoisotopic (exact) mass is 192 g/mol. The fourth-order valence-electron chi connectivity index (χ4n) is 1.67. The summed E-state index contributed by atoms with van der Waals surface area (Å²) < 4.78 is 0. The van der Waals surface area contributed by atoms with Gasteiger partial charge in [0.15, 0.2) is 0 Å². The Morgan fingerprint density at radius 1 is 1.50 bits per heavy atom. The van der Waals surface area contributed by atoms with Crippen molar-refractivity contribution < 1.29 is 0 Å². The topological polar surface area (TPSA) is 27.1 Å². The Morgan fingerprint density at radius 3 is 3.00 bits per heavy atom. The smallest absolute Gasteiger partial charge is 0.0280 e. The minimum Gasteiger partial charge on any atom is -0.306 e. The van der Waals surface area contributed by atoms with Gasteiger partial charge in [0, 0.05) is 18.8 Å². The summed E-state index contributed by atoms with van der Waals surface area (Å²) in [6.45, 7) is 9.11. The summed E-state index contributed by atoms with van der Waals surface area (Å²) in [6, 6.07) is 0. The van der Waals surface area contributed by atoms with E-state index in [1.165, 1.54) is 25.0 Å². The normalized spacial score (nSPS) is 19.9. The van der Waals surface area contributed by atoms with E-state index >= 15 is 0 Å². The third-order valence-corrected chi connectivity index (χ3v) is 2.52. The van der Waals surface area contributed by atoms with E-state index in [-0.39, 0.29) is 0 Å². The van der Waals surface area contributed by atoms with Gasteiger partial charge >= 0.3 is 0 Å². The van der Waals surface area contributed by atoms with E-state index in [4.69, 9.17) is 5.41 Å². The first-order valence-corrected chi connectivity index (χ1v) is 5.29. The largest absolute Gasteiger partial charge is 0.306 e. The van der Waals surface area contributed by atoms with Gasteiger partial charge in [0.1, 0.15) is 0 Å². The van der Waals surface area contributed by atoms with Crippen LogP contribution >= 0.6 is 0 Å². The third-order valence-electron chi connectivity index (χ3n) is 2.52. The molecule has 0 atom stereocenters. The van der Waals surface area contributed by atoms with Crippen LogP contribution in [0.25, 0.3) is 0 Å². The van der Waals surface area contributed by atoms with Crippen molar-refractivity contribution >= 4 is 5.71 Å². The molecule has 1 N–H and O–H groups in total. The predicted octanol–water partition coefficient (Wildman–Crippen LogP) is 2.62. The lowest BCUT2D eigenvalue weighted by Gasteiger charge is -2.16. The molecule has 0 aromatic carbocycles. The second kappa shape index (κ2) is 5.76. The summed E-state index contributed by atoms with van der Waals surface area (Å²) in [4.78, 5) is 2.43. The third kappa shape index (κ3) is 4.38. The molecule has 0 amide bonds. The number of likely N-dealkylation sites (tertiary alicyclic amines) is 1. The average molecular weight is 192 g/mol. The molecule has 0 aromatic heterocycles. The lowest BCUT2D eigenvalue weighted by Crippen LogP contribution is -2.24. The van der Waals surface area contributed by atoms with Crippen molar-refractivity contribution in [2.24, 2.45) is 0 Å². The molecule has 78 valence electrons. The van der Waals surface area contributed by atoms with E-state index in [9.17, 15) is 0 Å². The van der Waals surface area contributed by atoms with Crippen LogP contribution in [0.2, 0.25) is 0 Å². The molecular weight excluding hydrogens is 172 g/mol. The highest BCUT2D eigenvalue weighted by molar-refractivity contribution is 5.89. The van der Waals surface area contributed by atoms with Crippen molar-refractivity contribution in [2.45, 2.75) is 26.2 Å². The Bertz CT molecular complexity index is 241. The molecule has 1 heterocycles. The van der Waals surface area contributed by atoms with Gasteiger partial charge < -0.3 is 5.41 Å². The fourth-order valence-corrected chi connectivity index (χ4v) is 1.67. The highest BCUT2D eigenvalue weighted by atomic mass is 15.1.